The number of nitrogens with zero attached hydrogens (tertiary/aromatic N) is 1. The van der Waals surface area contributed by atoms with E-state index < -0.39 is 0 Å². The minimum atomic E-state index is -0.247. The van der Waals surface area contributed by atoms with Crippen LogP contribution in [0.3, 0.4) is 0 Å². The van der Waals surface area contributed by atoms with E-state index in [1.54, 1.807) is 12.4 Å². The highest BCUT2D eigenvalue weighted by atomic mass is 16.5. The first-order valence-corrected chi connectivity index (χ1v) is 9.82. The SMILES string of the molecule is O=C(NC(c1ccccc1)c1ccncc1)c1ccc(COc2ccccc2)cc1. The van der Waals surface area contributed by atoms with Crippen LogP contribution in [0, 0.1) is 0 Å². The molecule has 30 heavy (non-hydrogen) atoms. The van der Waals surface area contributed by atoms with Crippen LogP contribution < -0.4 is 10.1 Å². The summed E-state index contributed by atoms with van der Waals surface area (Å²) in [6.07, 6.45) is 3.47. The van der Waals surface area contributed by atoms with Gasteiger partial charge in [-0.2, -0.15) is 0 Å². The van der Waals surface area contributed by atoms with Crippen molar-refractivity contribution in [2.24, 2.45) is 0 Å². The normalized spacial score (nSPS) is 11.5. The lowest BCUT2D eigenvalue weighted by molar-refractivity contribution is 0.0943. The van der Waals surface area contributed by atoms with Crippen molar-refractivity contribution in [3.05, 3.63) is 132 Å². The third kappa shape index (κ3) is 4.92. The standard InChI is InChI=1S/C26H22N2O2/c29-26(23-13-11-20(12-14-23)19-30-24-9-5-2-6-10-24)28-25(21-7-3-1-4-8-21)22-15-17-27-18-16-22/h1-18,25H,19H2,(H,28,29). The number of para-hydroxylation sites is 1. The zero-order chi connectivity index (χ0) is 20.6. The van der Waals surface area contributed by atoms with Gasteiger partial charge in [-0.25, -0.2) is 0 Å². The maximum Gasteiger partial charge on any atom is 0.252 e. The van der Waals surface area contributed by atoms with Crippen molar-refractivity contribution in [2.75, 3.05) is 0 Å². The molecule has 0 aliphatic rings. The molecule has 1 atom stereocenters. The Morgan fingerprint density at radius 2 is 1.37 bits per heavy atom. The topological polar surface area (TPSA) is 51.2 Å². The lowest BCUT2D eigenvalue weighted by Crippen LogP contribution is -2.29. The number of rotatable bonds is 7. The van der Waals surface area contributed by atoms with E-state index in [2.05, 4.69) is 10.3 Å². The molecule has 4 aromatic rings. The molecule has 0 aliphatic carbocycles. The summed E-state index contributed by atoms with van der Waals surface area (Å²) in [6.45, 7) is 0.454. The molecular weight excluding hydrogens is 372 g/mol. The largest absolute Gasteiger partial charge is 0.489 e. The molecular formula is C26H22N2O2. The zero-order valence-electron chi connectivity index (χ0n) is 16.4. The Hall–Kier alpha value is -3.92. The minimum Gasteiger partial charge on any atom is -0.489 e. The fourth-order valence-corrected chi connectivity index (χ4v) is 3.21. The van der Waals surface area contributed by atoms with Gasteiger partial charge >= 0.3 is 0 Å². The molecule has 0 fully saturated rings. The van der Waals surface area contributed by atoms with Gasteiger partial charge < -0.3 is 10.1 Å². The maximum atomic E-state index is 12.9. The molecule has 4 rings (SSSR count). The van der Waals surface area contributed by atoms with E-state index in [-0.39, 0.29) is 11.9 Å². The molecule has 0 bridgehead atoms. The number of hydrogen-bond acceptors (Lipinski definition) is 3. The number of amides is 1. The molecule has 4 nitrogen and oxygen atoms in total. The third-order valence-corrected chi connectivity index (χ3v) is 4.81. The molecule has 1 amide bonds. The third-order valence-electron chi connectivity index (χ3n) is 4.81. The van der Waals surface area contributed by atoms with E-state index in [0.29, 0.717) is 12.2 Å². The number of pyridine rings is 1. The predicted octanol–water partition coefficient (Wildman–Crippen LogP) is 5.18. The van der Waals surface area contributed by atoms with Gasteiger partial charge in [0.05, 0.1) is 6.04 Å². The second-order valence-corrected chi connectivity index (χ2v) is 6.90. The summed E-state index contributed by atoms with van der Waals surface area (Å²) in [4.78, 5) is 17.0. The lowest BCUT2D eigenvalue weighted by Gasteiger charge is -2.20. The first kappa shape index (κ1) is 19.4. The molecule has 1 aromatic heterocycles. The summed E-state index contributed by atoms with van der Waals surface area (Å²) in [5, 5.41) is 3.15. The van der Waals surface area contributed by atoms with Crippen LogP contribution in [0.15, 0.2) is 109 Å². The van der Waals surface area contributed by atoms with E-state index in [1.807, 2.05) is 97.1 Å². The minimum absolute atomic E-state index is 0.129. The highest BCUT2D eigenvalue weighted by molar-refractivity contribution is 5.94. The summed E-state index contributed by atoms with van der Waals surface area (Å²) in [5.74, 6) is 0.693. The summed E-state index contributed by atoms with van der Waals surface area (Å²) >= 11 is 0. The molecule has 1 N–H and O–H groups in total. The van der Waals surface area contributed by atoms with Gasteiger partial charge in [0.1, 0.15) is 12.4 Å². The average Bonchev–Trinajstić information content (AvgIpc) is 2.83. The summed E-state index contributed by atoms with van der Waals surface area (Å²) in [6, 6.07) is 30.7. The van der Waals surface area contributed by atoms with Crippen molar-refractivity contribution in [1.82, 2.24) is 10.3 Å². The van der Waals surface area contributed by atoms with E-state index >= 15 is 0 Å². The van der Waals surface area contributed by atoms with Crippen LogP contribution in [0.2, 0.25) is 0 Å². The fraction of sp³-hybridized carbons (Fsp3) is 0.0769. The smallest absolute Gasteiger partial charge is 0.252 e. The second-order valence-electron chi connectivity index (χ2n) is 6.90. The first-order chi connectivity index (χ1) is 14.8. The van der Waals surface area contributed by atoms with E-state index in [0.717, 1.165) is 22.4 Å². The van der Waals surface area contributed by atoms with E-state index in [9.17, 15) is 4.79 Å². The highest BCUT2D eigenvalue weighted by Gasteiger charge is 2.17. The molecule has 1 unspecified atom stereocenters. The Balaban J connectivity index is 1.46. The molecule has 1 heterocycles. The lowest BCUT2D eigenvalue weighted by atomic mass is 9.99. The van der Waals surface area contributed by atoms with Gasteiger partial charge in [0.15, 0.2) is 0 Å². The predicted molar refractivity (Wildman–Crippen MR) is 117 cm³/mol. The van der Waals surface area contributed by atoms with Crippen LogP contribution in [0.5, 0.6) is 5.75 Å². The van der Waals surface area contributed by atoms with Crippen LogP contribution in [0.1, 0.15) is 33.1 Å². The fourth-order valence-electron chi connectivity index (χ4n) is 3.21. The quantitative estimate of drug-likeness (QED) is 0.470. The summed E-state index contributed by atoms with van der Waals surface area (Å²) in [5.41, 5.74) is 3.61. The summed E-state index contributed by atoms with van der Waals surface area (Å²) < 4.78 is 5.77. The Morgan fingerprint density at radius 1 is 0.767 bits per heavy atom. The molecule has 3 aromatic carbocycles. The average molecular weight is 394 g/mol. The summed E-state index contributed by atoms with van der Waals surface area (Å²) in [7, 11) is 0. The molecule has 0 saturated heterocycles. The van der Waals surface area contributed by atoms with Crippen LogP contribution in [-0.2, 0) is 6.61 Å². The molecule has 0 radical (unpaired) electrons. The molecule has 0 saturated carbocycles. The molecule has 148 valence electrons. The number of aromatic nitrogens is 1. The van der Waals surface area contributed by atoms with Crippen molar-refractivity contribution in [1.29, 1.82) is 0 Å². The van der Waals surface area contributed by atoms with Gasteiger partial charge in [0.2, 0.25) is 0 Å². The molecule has 4 heteroatoms. The van der Waals surface area contributed by atoms with Gasteiger partial charge in [0.25, 0.3) is 5.91 Å². The van der Waals surface area contributed by atoms with Gasteiger partial charge in [-0.3, -0.25) is 9.78 Å². The number of carbonyl (C=O) groups is 1. The van der Waals surface area contributed by atoms with Gasteiger partial charge in [-0.15, -0.1) is 0 Å². The Morgan fingerprint density at radius 3 is 2.03 bits per heavy atom. The van der Waals surface area contributed by atoms with Crippen LogP contribution in [0.4, 0.5) is 0 Å². The van der Waals surface area contributed by atoms with Crippen molar-refractivity contribution >= 4 is 5.91 Å². The van der Waals surface area contributed by atoms with Crippen molar-refractivity contribution in [3.63, 3.8) is 0 Å². The number of benzene rings is 3. The number of carbonyl (C=O) groups excluding carboxylic acids is 1. The Bertz CT molecular complexity index is 1030. The Labute approximate surface area is 176 Å². The Kier molecular flexibility index (Phi) is 6.16. The molecule has 0 spiro atoms. The first-order valence-electron chi connectivity index (χ1n) is 9.82. The van der Waals surface area contributed by atoms with Gasteiger partial charge in [0, 0.05) is 18.0 Å². The van der Waals surface area contributed by atoms with Crippen LogP contribution in [0.25, 0.3) is 0 Å². The number of nitrogens with one attached hydrogen (secondary N) is 1. The van der Waals surface area contributed by atoms with E-state index in [4.69, 9.17) is 4.74 Å². The highest BCUT2D eigenvalue weighted by Crippen LogP contribution is 2.22. The van der Waals surface area contributed by atoms with E-state index in [1.165, 1.54) is 0 Å². The zero-order valence-corrected chi connectivity index (χ0v) is 16.4. The van der Waals surface area contributed by atoms with Crippen LogP contribution in [-0.4, -0.2) is 10.9 Å². The number of hydrogen-bond donors (Lipinski definition) is 1. The monoisotopic (exact) mass is 394 g/mol. The van der Waals surface area contributed by atoms with Gasteiger partial charge in [-0.1, -0.05) is 60.7 Å². The number of ether oxygens (including phenoxy) is 1. The van der Waals surface area contributed by atoms with Gasteiger partial charge in [-0.05, 0) is 53.1 Å². The maximum absolute atomic E-state index is 12.9. The van der Waals surface area contributed by atoms with Crippen LogP contribution >= 0.6 is 0 Å². The second kappa shape index (κ2) is 9.52. The van der Waals surface area contributed by atoms with Crippen molar-refractivity contribution in [2.45, 2.75) is 12.6 Å². The van der Waals surface area contributed by atoms with Crippen molar-refractivity contribution in [3.8, 4) is 5.75 Å². The molecule has 0 aliphatic heterocycles. The van der Waals surface area contributed by atoms with Crippen molar-refractivity contribution < 1.29 is 9.53 Å².